The Kier molecular flexibility index (Phi) is 4.60. The lowest BCUT2D eigenvalue weighted by molar-refractivity contribution is -0.125. The van der Waals surface area contributed by atoms with Crippen molar-refractivity contribution >= 4 is 5.91 Å². The number of hydrogen-bond donors (Lipinski definition) is 2. The smallest absolute Gasteiger partial charge is 0.224 e. The third kappa shape index (κ3) is 3.46. The Morgan fingerprint density at radius 3 is 3.06 bits per heavy atom. The summed E-state index contributed by atoms with van der Waals surface area (Å²) < 4.78 is 5.31. The Morgan fingerprint density at radius 1 is 1.44 bits per heavy atom. The quantitative estimate of drug-likeness (QED) is 0.735. The first-order valence-corrected chi connectivity index (χ1v) is 6.42. The number of piperidine rings is 1. The van der Waals surface area contributed by atoms with Gasteiger partial charge in [0.1, 0.15) is 0 Å². The van der Waals surface area contributed by atoms with Crippen LogP contribution in [0.4, 0.5) is 0 Å². The number of hydrogen-bond acceptors (Lipinski definition) is 3. The van der Waals surface area contributed by atoms with Gasteiger partial charge in [0.25, 0.3) is 0 Å². The monoisotopic (exact) mass is 226 g/mol. The fraction of sp³-hybridized carbons (Fsp3) is 0.917. The Labute approximate surface area is 97.1 Å². The number of carbonyl (C=O) groups excluding carboxylic acids is 1. The van der Waals surface area contributed by atoms with Crippen LogP contribution in [0.5, 0.6) is 0 Å². The van der Waals surface area contributed by atoms with Crippen LogP contribution < -0.4 is 10.6 Å². The second-order valence-corrected chi connectivity index (χ2v) is 4.85. The van der Waals surface area contributed by atoms with Crippen LogP contribution in [0.15, 0.2) is 0 Å². The first kappa shape index (κ1) is 11.9. The van der Waals surface area contributed by atoms with E-state index in [1.807, 2.05) is 0 Å². The van der Waals surface area contributed by atoms with Gasteiger partial charge in [-0.2, -0.15) is 0 Å². The van der Waals surface area contributed by atoms with E-state index in [2.05, 4.69) is 10.6 Å². The molecule has 0 aromatic heterocycles. The van der Waals surface area contributed by atoms with Crippen molar-refractivity contribution < 1.29 is 9.53 Å². The highest BCUT2D eigenvalue weighted by atomic mass is 16.5. The van der Waals surface area contributed by atoms with Gasteiger partial charge < -0.3 is 15.4 Å². The van der Waals surface area contributed by atoms with Gasteiger partial charge in [0.2, 0.25) is 5.91 Å². The zero-order valence-electron chi connectivity index (χ0n) is 9.84. The third-order valence-corrected chi connectivity index (χ3v) is 3.54. The van der Waals surface area contributed by atoms with Gasteiger partial charge in [-0.3, -0.25) is 4.79 Å². The van der Waals surface area contributed by atoms with Crippen molar-refractivity contribution in [3.8, 4) is 0 Å². The van der Waals surface area contributed by atoms with Crippen LogP contribution in [-0.4, -0.2) is 38.8 Å². The van der Waals surface area contributed by atoms with Gasteiger partial charge >= 0.3 is 0 Å². The number of amides is 1. The topological polar surface area (TPSA) is 50.4 Å². The molecule has 2 heterocycles. The fourth-order valence-corrected chi connectivity index (χ4v) is 2.43. The molecule has 0 bridgehead atoms. The summed E-state index contributed by atoms with van der Waals surface area (Å²) in [5.41, 5.74) is 0. The maximum atomic E-state index is 11.8. The molecule has 16 heavy (non-hydrogen) atoms. The largest absolute Gasteiger partial charge is 0.381 e. The summed E-state index contributed by atoms with van der Waals surface area (Å²) in [6, 6.07) is 0. The highest BCUT2D eigenvalue weighted by molar-refractivity contribution is 5.78. The minimum atomic E-state index is 0.188. The predicted molar refractivity (Wildman–Crippen MR) is 62.1 cm³/mol. The summed E-state index contributed by atoms with van der Waals surface area (Å²) >= 11 is 0. The van der Waals surface area contributed by atoms with E-state index in [4.69, 9.17) is 4.74 Å². The van der Waals surface area contributed by atoms with E-state index in [1.54, 1.807) is 0 Å². The van der Waals surface area contributed by atoms with Crippen molar-refractivity contribution in [2.45, 2.75) is 25.7 Å². The van der Waals surface area contributed by atoms with Crippen molar-refractivity contribution in [2.24, 2.45) is 11.8 Å². The standard InChI is InChI=1S/C12H22N2O2/c15-12(11-2-1-5-13-8-11)14-6-3-10-4-7-16-9-10/h10-11,13H,1-9H2,(H,14,15)/t10?,11-/m0/s1. The first-order valence-electron chi connectivity index (χ1n) is 6.42. The fourth-order valence-electron chi connectivity index (χ4n) is 2.43. The van der Waals surface area contributed by atoms with E-state index in [0.29, 0.717) is 5.92 Å². The molecule has 92 valence electrons. The molecule has 4 nitrogen and oxygen atoms in total. The molecule has 2 aliphatic rings. The molecule has 2 rings (SSSR count). The molecule has 0 aromatic carbocycles. The molecule has 1 amide bonds. The van der Waals surface area contributed by atoms with Gasteiger partial charge in [-0.1, -0.05) is 0 Å². The number of nitrogens with one attached hydrogen (secondary N) is 2. The van der Waals surface area contributed by atoms with Crippen molar-refractivity contribution in [2.75, 3.05) is 32.8 Å². The predicted octanol–water partition coefficient (Wildman–Crippen LogP) is 0.529. The summed E-state index contributed by atoms with van der Waals surface area (Å²) in [6.45, 7) is 4.48. The molecule has 1 unspecified atom stereocenters. The molecule has 0 aromatic rings. The summed E-state index contributed by atoms with van der Waals surface area (Å²) in [5.74, 6) is 1.07. The zero-order valence-corrected chi connectivity index (χ0v) is 9.84. The maximum Gasteiger partial charge on any atom is 0.224 e. The van der Waals surface area contributed by atoms with Gasteiger partial charge in [0, 0.05) is 26.3 Å². The molecule has 0 radical (unpaired) electrons. The summed E-state index contributed by atoms with van der Waals surface area (Å²) in [4.78, 5) is 11.8. The number of carbonyl (C=O) groups is 1. The van der Waals surface area contributed by atoms with Crippen LogP contribution in [0, 0.1) is 11.8 Å². The molecule has 2 atom stereocenters. The second kappa shape index (κ2) is 6.21. The molecule has 0 saturated carbocycles. The van der Waals surface area contributed by atoms with Crippen LogP contribution in [0.3, 0.4) is 0 Å². The Balaban J connectivity index is 1.59. The first-order chi connectivity index (χ1) is 7.86. The average molecular weight is 226 g/mol. The zero-order chi connectivity index (χ0) is 11.2. The van der Waals surface area contributed by atoms with E-state index < -0.39 is 0 Å². The SMILES string of the molecule is O=C(NCCC1CCOC1)[C@H]1CCCNC1. The van der Waals surface area contributed by atoms with E-state index in [9.17, 15) is 4.79 Å². The van der Waals surface area contributed by atoms with E-state index >= 15 is 0 Å². The average Bonchev–Trinajstić information content (AvgIpc) is 2.83. The minimum Gasteiger partial charge on any atom is -0.381 e. The van der Waals surface area contributed by atoms with E-state index in [1.165, 1.54) is 0 Å². The molecule has 0 spiro atoms. The minimum absolute atomic E-state index is 0.188. The van der Waals surface area contributed by atoms with Crippen LogP contribution in [-0.2, 0) is 9.53 Å². The van der Waals surface area contributed by atoms with Gasteiger partial charge in [0.05, 0.1) is 5.92 Å². The highest BCUT2D eigenvalue weighted by Gasteiger charge is 2.21. The second-order valence-electron chi connectivity index (χ2n) is 4.85. The molecule has 2 fully saturated rings. The van der Waals surface area contributed by atoms with E-state index in [-0.39, 0.29) is 11.8 Å². The van der Waals surface area contributed by atoms with Crippen molar-refractivity contribution in [3.05, 3.63) is 0 Å². The lowest BCUT2D eigenvalue weighted by Crippen LogP contribution is -2.41. The Hall–Kier alpha value is -0.610. The van der Waals surface area contributed by atoms with E-state index in [0.717, 1.165) is 58.5 Å². The number of rotatable bonds is 4. The van der Waals surface area contributed by atoms with Crippen LogP contribution in [0.1, 0.15) is 25.7 Å². The molecule has 2 aliphatic heterocycles. The Bertz CT molecular complexity index is 221. The lowest BCUT2D eigenvalue weighted by atomic mass is 9.98. The highest BCUT2D eigenvalue weighted by Crippen LogP contribution is 2.15. The normalized spacial score (nSPS) is 30.2. The van der Waals surface area contributed by atoms with Crippen molar-refractivity contribution in [1.29, 1.82) is 0 Å². The summed E-state index contributed by atoms with van der Waals surface area (Å²) in [6.07, 6.45) is 4.37. The molecule has 4 heteroatoms. The van der Waals surface area contributed by atoms with Crippen LogP contribution in [0.2, 0.25) is 0 Å². The number of ether oxygens (including phenoxy) is 1. The molecule has 2 saturated heterocycles. The van der Waals surface area contributed by atoms with Crippen molar-refractivity contribution in [1.82, 2.24) is 10.6 Å². The summed E-state index contributed by atoms with van der Waals surface area (Å²) in [5, 5.41) is 6.31. The van der Waals surface area contributed by atoms with Gasteiger partial charge in [-0.25, -0.2) is 0 Å². The third-order valence-electron chi connectivity index (χ3n) is 3.54. The van der Waals surface area contributed by atoms with Gasteiger partial charge in [-0.15, -0.1) is 0 Å². The molecular formula is C12H22N2O2. The summed E-state index contributed by atoms with van der Waals surface area (Å²) in [7, 11) is 0. The maximum absolute atomic E-state index is 11.8. The van der Waals surface area contributed by atoms with Crippen molar-refractivity contribution in [3.63, 3.8) is 0 Å². The lowest BCUT2D eigenvalue weighted by Gasteiger charge is -2.22. The van der Waals surface area contributed by atoms with Gasteiger partial charge in [0.15, 0.2) is 0 Å². The van der Waals surface area contributed by atoms with Gasteiger partial charge in [-0.05, 0) is 38.1 Å². The molecular weight excluding hydrogens is 204 g/mol. The Morgan fingerprint density at radius 2 is 2.38 bits per heavy atom. The van der Waals surface area contributed by atoms with Crippen LogP contribution >= 0.6 is 0 Å². The van der Waals surface area contributed by atoms with Crippen LogP contribution in [0.25, 0.3) is 0 Å². The molecule has 2 N–H and O–H groups in total. The molecule has 0 aliphatic carbocycles.